The van der Waals surface area contributed by atoms with E-state index < -0.39 is 12.3 Å². The van der Waals surface area contributed by atoms with Crippen LogP contribution < -0.4 is 0 Å². The van der Waals surface area contributed by atoms with Gasteiger partial charge in [-0.3, -0.25) is 14.3 Å². The highest BCUT2D eigenvalue weighted by Gasteiger charge is 2.45. The van der Waals surface area contributed by atoms with Crippen molar-refractivity contribution in [3.8, 4) is 0 Å². The Balaban J connectivity index is 1.41. The molecule has 0 bridgehead atoms. The molecule has 2 fully saturated rings. The second-order valence-corrected chi connectivity index (χ2v) is 15.5. The second-order valence-electron chi connectivity index (χ2n) is 12.0. The molecule has 2 aliphatic rings. The number of piperazine rings is 1. The maximum atomic E-state index is 14.2. The summed E-state index contributed by atoms with van der Waals surface area (Å²) < 4.78 is 29.9. The van der Waals surface area contributed by atoms with Gasteiger partial charge in [0.05, 0.1) is 12.7 Å². The van der Waals surface area contributed by atoms with E-state index in [2.05, 4.69) is 25.7 Å². The zero-order valence-electron chi connectivity index (χ0n) is 24.9. The van der Waals surface area contributed by atoms with E-state index in [9.17, 15) is 9.36 Å². The predicted octanol–water partition coefficient (Wildman–Crippen LogP) is 4.04. The number of nitrogens with zero attached hydrogens (tertiary/aromatic N) is 4. The van der Waals surface area contributed by atoms with Crippen molar-refractivity contribution in [2.75, 3.05) is 66.3 Å². The van der Waals surface area contributed by atoms with Gasteiger partial charge in [-0.15, -0.1) is 0 Å². The second kappa shape index (κ2) is 13.3. The van der Waals surface area contributed by atoms with Gasteiger partial charge in [0.1, 0.15) is 14.2 Å². The first-order chi connectivity index (χ1) is 19.4. The molecule has 2 radical (unpaired) electrons. The molecule has 2 aliphatic heterocycles. The Morgan fingerprint density at radius 3 is 2.02 bits per heavy atom. The summed E-state index contributed by atoms with van der Waals surface area (Å²) in [7, 11) is 6.73. The van der Waals surface area contributed by atoms with Crippen LogP contribution in [0.4, 0.5) is 0 Å². The minimum Gasteiger partial charge on any atom is -0.380 e. The van der Waals surface area contributed by atoms with E-state index in [1.807, 2.05) is 79.4 Å². The zero-order chi connectivity index (χ0) is 29.8. The lowest BCUT2D eigenvalue weighted by Gasteiger charge is -2.45. The van der Waals surface area contributed by atoms with E-state index in [1.54, 1.807) is 9.57 Å². The maximum Gasteiger partial charge on any atom is 0.252 e. The molecule has 0 spiro atoms. The Kier molecular flexibility index (Phi) is 10.4. The monoisotopic (exact) mass is 600 g/mol. The van der Waals surface area contributed by atoms with Gasteiger partial charge in [-0.1, -0.05) is 72.3 Å². The average Bonchev–Trinajstić information content (AvgIpc) is 2.96. The molecular formula is C30H43BClN4O4P. The predicted molar refractivity (Wildman–Crippen MR) is 166 cm³/mol. The summed E-state index contributed by atoms with van der Waals surface area (Å²) >= 11 is 7.23. The summed E-state index contributed by atoms with van der Waals surface area (Å²) in [6, 6.07) is 18.5. The number of amides is 1. The highest BCUT2D eigenvalue weighted by molar-refractivity contribution is 7.58. The fourth-order valence-corrected chi connectivity index (χ4v) is 7.86. The number of ether oxygens (including phenoxy) is 2. The van der Waals surface area contributed by atoms with Crippen LogP contribution in [0.3, 0.4) is 0 Å². The number of halogens is 1. The number of carbonyl (C=O) groups is 1. The van der Waals surface area contributed by atoms with Crippen molar-refractivity contribution in [1.29, 1.82) is 0 Å². The van der Waals surface area contributed by atoms with Gasteiger partial charge >= 0.3 is 0 Å². The third-order valence-corrected chi connectivity index (χ3v) is 11.6. The number of benzene rings is 2. The SMILES string of the molecule is [B]C1CN(C(C)(C)C)CC(COCP(=O)(N(C)C)N2CCN(C(=O)C(Cl)(c3ccccc3)c3ccccc3)CC2)O1. The number of carbonyl (C=O) groups excluding carboxylic acids is 1. The number of alkyl halides is 1. The topological polar surface area (TPSA) is 65.6 Å². The first-order valence-electron chi connectivity index (χ1n) is 14.2. The number of morpholine rings is 1. The molecule has 2 aromatic carbocycles. The average molecular weight is 601 g/mol. The Hall–Kier alpha value is -1.71. The van der Waals surface area contributed by atoms with Crippen LogP contribution in [-0.2, 0) is 23.7 Å². The summed E-state index contributed by atoms with van der Waals surface area (Å²) in [4.78, 5) is 16.7. The van der Waals surface area contributed by atoms with Gasteiger partial charge in [-0.2, -0.15) is 0 Å². The smallest absolute Gasteiger partial charge is 0.252 e. The third kappa shape index (κ3) is 7.27. The molecule has 2 heterocycles. The van der Waals surface area contributed by atoms with Crippen LogP contribution in [-0.4, -0.2) is 117 Å². The third-order valence-electron chi connectivity index (χ3n) is 7.95. The van der Waals surface area contributed by atoms with Crippen molar-refractivity contribution in [3.05, 3.63) is 71.8 Å². The molecule has 0 saturated carbocycles. The molecule has 0 aromatic heterocycles. The number of hydrogen-bond donors (Lipinski definition) is 0. The molecule has 3 atom stereocenters. The van der Waals surface area contributed by atoms with Gasteiger partial charge in [-0.05, 0) is 46.0 Å². The summed E-state index contributed by atoms with van der Waals surface area (Å²) in [5.74, 6) is -0.179. The van der Waals surface area contributed by atoms with Gasteiger partial charge in [0, 0.05) is 50.8 Å². The van der Waals surface area contributed by atoms with Crippen LogP contribution in [0.15, 0.2) is 60.7 Å². The molecule has 41 heavy (non-hydrogen) atoms. The van der Waals surface area contributed by atoms with E-state index in [1.165, 1.54) is 0 Å². The summed E-state index contributed by atoms with van der Waals surface area (Å²) in [5.41, 5.74) is 1.42. The van der Waals surface area contributed by atoms with Crippen LogP contribution in [0.1, 0.15) is 31.9 Å². The minimum absolute atomic E-state index is 0.0304. The Labute approximate surface area is 251 Å². The molecule has 3 unspecified atom stereocenters. The van der Waals surface area contributed by atoms with Crippen LogP contribution in [0.25, 0.3) is 0 Å². The fourth-order valence-electron chi connectivity index (χ4n) is 5.44. The molecule has 4 rings (SSSR count). The lowest BCUT2D eigenvalue weighted by Crippen LogP contribution is -2.56. The van der Waals surface area contributed by atoms with E-state index in [4.69, 9.17) is 28.9 Å². The maximum absolute atomic E-state index is 14.2. The van der Waals surface area contributed by atoms with Crippen LogP contribution in [0, 0.1) is 0 Å². The quantitative estimate of drug-likeness (QED) is 0.245. The number of hydrogen-bond acceptors (Lipinski definition) is 5. The molecule has 8 nitrogen and oxygen atoms in total. The van der Waals surface area contributed by atoms with E-state index in [-0.39, 0.29) is 29.9 Å². The standard InChI is InChI=1S/C30H43BClN4O4P/c1-29(2,3)35-20-26(40-27(31)21-35)22-39-23-41(38,33(4)5)36-18-16-34(17-19-36)28(37)30(32,24-12-8-6-9-13-24)25-14-10-7-11-15-25/h6-15,26-27H,16-23H2,1-5H3. The molecule has 1 amide bonds. The molecular weight excluding hydrogens is 558 g/mol. The normalized spacial score (nSPS) is 23.0. The summed E-state index contributed by atoms with van der Waals surface area (Å²) in [6.07, 6.45) is -0.137. The van der Waals surface area contributed by atoms with E-state index in [0.29, 0.717) is 45.9 Å². The molecule has 0 aliphatic carbocycles. The van der Waals surface area contributed by atoms with Crippen LogP contribution >= 0.6 is 19.0 Å². The van der Waals surface area contributed by atoms with Gasteiger partial charge in [0.25, 0.3) is 5.91 Å². The first-order valence-corrected chi connectivity index (χ1v) is 16.4. The highest BCUT2D eigenvalue weighted by atomic mass is 35.5. The van der Waals surface area contributed by atoms with Gasteiger partial charge in [0.2, 0.25) is 7.44 Å². The lowest BCUT2D eigenvalue weighted by molar-refractivity contribution is -0.134. The van der Waals surface area contributed by atoms with Crippen molar-refractivity contribution in [2.24, 2.45) is 0 Å². The van der Waals surface area contributed by atoms with Gasteiger partial charge in [0.15, 0.2) is 4.87 Å². The zero-order valence-corrected chi connectivity index (χ0v) is 26.6. The van der Waals surface area contributed by atoms with Crippen LogP contribution in [0.5, 0.6) is 0 Å². The lowest BCUT2D eigenvalue weighted by atomic mass is 9.88. The van der Waals surface area contributed by atoms with Gasteiger partial charge < -0.3 is 14.4 Å². The van der Waals surface area contributed by atoms with Crippen molar-refractivity contribution in [2.45, 2.75) is 43.3 Å². The van der Waals surface area contributed by atoms with Crippen molar-refractivity contribution >= 4 is 32.8 Å². The van der Waals surface area contributed by atoms with Crippen LogP contribution in [0.2, 0.25) is 0 Å². The van der Waals surface area contributed by atoms with Crippen molar-refractivity contribution in [3.63, 3.8) is 0 Å². The van der Waals surface area contributed by atoms with E-state index in [0.717, 1.165) is 11.1 Å². The highest BCUT2D eigenvalue weighted by Crippen LogP contribution is 2.52. The Morgan fingerprint density at radius 2 is 1.54 bits per heavy atom. The Morgan fingerprint density at radius 1 is 1.00 bits per heavy atom. The molecule has 222 valence electrons. The summed E-state index contributed by atoms with van der Waals surface area (Å²) in [5, 5.41) is 0. The van der Waals surface area contributed by atoms with E-state index >= 15 is 0 Å². The molecule has 2 saturated heterocycles. The van der Waals surface area contributed by atoms with Crippen molar-refractivity contribution < 1.29 is 18.8 Å². The van der Waals surface area contributed by atoms with Gasteiger partial charge in [-0.25, -0.2) is 9.34 Å². The largest absolute Gasteiger partial charge is 0.380 e. The first kappa shape index (κ1) is 32.2. The Bertz CT molecular complexity index is 1150. The fraction of sp³-hybridized carbons (Fsp3) is 0.567. The minimum atomic E-state index is -3.04. The molecule has 0 N–H and O–H groups in total. The summed E-state index contributed by atoms with van der Waals surface area (Å²) in [6.45, 7) is 9.85. The van der Waals surface area contributed by atoms with Crippen molar-refractivity contribution in [1.82, 2.24) is 19.1 Å². The number of rotatable bonds is 9. The molecule has 2 aromatic rings. The molecule has 11 heteroatoms.